The summed E-state index contributed by atoms with van der Waals surface area (Å²) in [5.74, 6) is 0.699. The second-order valence-corrected chi connectivity index (χ2v) is 4.81. The Bertz CT molecular complexity index is 343. The predicted molar refractivity (Wildman–Crippen MR) is 73.6 cm³/mol. The van der Waals surface area contributed by atoms with Gasteiger partial charge in [-0.3, -0.25) is 0 Å². The number of nitrogens with two attached hydrogens (primary N) is 1. The summed E-state index contributed by atoms with van der Waals surface area (Å²) in [6.07, 6.45) is -0.201. The summed E-state index contributed by atoms with van der Waals surface area (Å²) >= 11 is 7.66. The van der Waals surface area contributed by atoms with Crippen LogP contribution >= 0.6 is 23.4 Å². The molecule has 0 aromatic heterocycles. The zero-order valence-electron chi connectivity index (χ0n) is 10.1. The Morgan fingerprint density at radius 2 is 1.94 bits per heavy atom. The average Bonchev–Trinajstić information content (AvgIpc) is 2.30. The number of hydrogen-bond donors (Lipinski definition) is 1. The molecule has 0 saturated carbocycles. The maximum atomic E-state index is 6.08. The number of nitrogen functional groups attached to an aromatic ring is 1. The van der Waals surface area contributed by atoms with Gasteiger partial charge >= 0.3 is 0 Å². The Labute approximate surface area is 112 Å². The monoisotopic (exact) mass is 275 g/mol. The van der Waals surface area contributed by atoms with E-state index in [2.05, 4.69) is 0 Å². The minimum Gasteiger partial charge on any atom is -0.399 e. The number of halogens is 1. The molecule has 2 N–H and O–H groups in total. The maximum Gasteiger partial charge on any atom is 0.166 e. The molecule has 0 heterocycles. The van der Waals surface area contributed by atoms with Crippen LogP contribution in [0.25, 0.3) is 0 Å². The highest BCUT2D eigenvalue weighted by Gasteiger charge is 2.10. The molecule has 5 heteroatoms. The smallest absolute Gasteiger partial charge is 0.166 e. The Balaban J connectivity index is 2.55. The molecule has 1 aromatic rings. The number of ether oxygens (including phenoxy) is 2. The molecule has 0 fully saturated rings. The molecule has 0 amide bonds. The van der Waals surface area contributed by atoms with Crippen molar-refractivity contribution in [2.75, 3.05) is 24.7 Å². The van der Waals surface area contributed by atoms with Gasteiger partial charge in [-0.05, 0) is 32.0 Å². The highest BCUT2D eigenvalue weighted by atomic mass is 35.5. The number of anilines is 1. The normalized spacial score (nSPS) is 11.1. The van der Waals surface area contributed by atoms with E-state index < -0.39 is 0 Å². The first-order chi connectivity index (χ1) is 8.17. The quantitative estimate of drug-likeness (QED) is 0.470. The molecule has 3 nitrogen and oxygen atoms in total. The fraction of sp³-hybridized carbons (Fsp3) is 0.500. The molecular formula is C12H18ClNO2S. The van der Waals surface area contributed by atoms with E-state index in [1.807, 2.05) is 19.9 Å². The molecule has 1 rings (SSSR count). The van der Waals surface area contributed by atoms with Gasteiger partial charge in [-0.1, -0.05) is 11.6 Å². The van der Waals surface area contributed by atoms with Crippen molar-refractivity contribution in [3.63, 3.8) is 0 Å². The third-order valence-electron chi connectivity index (χ3n) is 2.04. The highest BCUT2D eigenvalue weighted by molar-refractivity contribution is 7.99. The van der Waals surface area contributed by atoms with Crippen molar-refractivity contribution in [2.24, 2.45) is 0 Å². The fourth-order valence-electron chi connectivity index (χ4n) is 1.30. The van der Waals surface area contributed by atoms with E-state index in [1.54, 1.807) is 23.9 Å². The van der Waals surface area contributed by atoms with Gasteiger partial charge in [0.15, 0.2) is 6.29 Å². The molecule has 0 aliphatic heterocycles. The van der Waals surface area contributed by atoms with Crippen molar-refractivity contribution < 1.29 is 9.47 Å². The first-order valence-electron chi connectivity index (χ1n) is 5.58. The minimum atomic E-state index is -0.201. The summed E-state index contributed by atoms with van der Waals surface area (Å²) in [5, 5.41) is 0.705. The van der Waals surface area contributed by atoms with Gasteiger partial charge in [-0.2, -0.15) is 0 Å². The van der Waals surface area contributed by atoms with Gasteiger partial charge in [0.2, 0.25) is 0 Å². The number of hydrogen-bond acceptors (Lipinski definition) is 4. The Morgan fingerprint density at radius 3 is 2.53 bits per heavy atom. The first-order valence-corrected chi connectivity index (χ1v) is 6.94. The van der Waals surface area contributed by atoms with Crippen molar-refractivity contribution in [1.29, 1.82) is 0 Å². The molecule has 0 aliphatic carbocycles. The van der Waals surface area contributed by atoms with Crippen LogP contribution in [0.4, 0.5) is 5.69 Å². The lowest BCUT2D eigenvalue weighted by Gasteiger charge is -2.16. The van der Waals surface area contributed by atoms with Gasteiger partial charge in [0.1, 0.15) is 0 Å². The van der Waals surface area contributed by atoms with Crippen LogP contribution in [0.2, 0.25) is 5.02 Å². The molecule has 17 heavy (non-hydrogen) atoms. The van der Waals surface area contributed by atoms with E-state index in [0.717, 1.165) is 4.90 Å². The summed E-state index contributed by atoms with van der Waals surface area (Å²) in [6, 6.07) is 5.45. The molecule has 0 atom stereocenters. The third kappa shape index (κ3) is 5.17. The summed E-state index contributed by atoms with van der Waals surface area (Å²) in [5.41, 5.74) is 6.43. The van der Waals surface area contributed by atoms with E-state index in [4.69, 9.17) is 26.8 Å². The van der Waals surface area contributed by atoms with Crippen LogP contribution in [0.5, 0.6) is 0 Å². The van der Waals surface area contributed by atoms with Crippen LogP contribution in [-0.2, 0) is 9.47 Å². The maximum absolute atomic E-state index is 6.08. The molecule has 0 saturated heterocycles. The topological polar surface area (TPSA) is 44.5 Å². The van der Waals surface area contributed by atoms with E-state index in [0.29, 0.717) is 29.7 Å². The lowest BCUT2D eigenvalue weighted by Crippen LogP contribution is -2.19. The Morgan fingerprint density at radius 1 is 1.29 bits per heavy atom. The second kappa shape index (κ2) is 7.82. The van der Waals surface area contributed by atoms with Crippen molar-refractivity contribution >= 4 is 29.1 Å². The van der Waals surface area contributed by atoms with Gasteiger partial charge in [-0.15, -0.1) is 11.8 Å². The first kappa shape index (κ1) is 14.6. The van der Waals surface area contributed by atoms with Gasteiger partial charge in [0.05, 0.1) is 5.02 Å². The van der Waals surface area contributed by atoms with Gasteiger partial charge < -0.3 is 15.2 Å². The molecule has 0 aliphatic rings. The van der Waals surface area contributed by atoms with Crippen LogP contribution in [0.1, 0.15) is 13.8 Å². The van der Waals surface area contributed by atoms with Gasteiger partial charge in [-0.25, -0.2) is 0 Å². The van der Waals surface area contributed by atoms with Crippen molar-refractivity contribution in [3.05, 3.63) is 23.2 Å². The summed E-state index contributed by atoms with van der Waals surface area (Å²) in [7, 11) is 0. The number of benzene rings is 1. The number of thioether (sulfide) groups is 1. The summed E-state index contributed by atoms with van der Waals surface area (Å²) in [4.78, 5) is 0.955. The van der Waals surface area contributed by atoms with Crippen LogP contribution in [0, 0.1) is 0 Å². The highest BCUT2D eigenvalue weighted by Crippen LogP contribution is 2.29. The van der Waals surface area contributed by atoms with Gasteiger partial charge in [0, 0.05) is 29.5 Å². The lowest BCUT2D eigenvalue weighted by molar-refractivity contribution is -0.120. The molecule has 0 radical (unpaired) electrons. The minimum absolute atomic E-state index is 0.201. The second-order valence-electron chi connectivity index (χ2n) is 3.34. The predicted octanol–water partition coefficient (Wildman–Crippen LogP) is 3.41. The van der Waals surface area contributed by atoms with Crippen molar-refractivity contribution in [1.82, 2.24) is 0 Å². The molecule has 0 unspecified atom stereocenters. The van der Waals surface area contributed by atoms with Crippen LogP contribution < -0.4 is 5.73 Å². The Kier molecular flexibility index (Phi) is 6.73. The Hall–Kier alpha value is -0.420. The third-order valence-corrected chi connectivity index (χ3v) is 3.56. The van der Waals surface area contributed by atoms with Crippen molar-refractivity contribution in [2.45, 2.75) is 25.0 Å². The zero-order valence-corrected chi connectivity index (χ0v) is 11.7. The van der Waals surface area contributed by atoms with E-state index >= 15 is 0 Å². The SMILES string of the molecule is CCOC(CSc1cc(N)ccc1Cl)OCC. The van der Waals surface area contributed by atoms with Gasteiger partial charge in [0.25, 0.3) is 0 Å². The summed E-state index contributed by atoms with van der Waals surface area (Å²) in [6.45, 7) is 5.17. The average molecular weight is 276 g/mol. The van der Waals surface area contributed by atoms with E-state index in [1.165, 1.54) is 0 Å². The molecule has 0 spiro atoms. The van der Waals surface area contributed by atoms with Crippen LogP contribution in [0.3, 0.4) is 0 Å². The largest absolute Gasteiger partial charge is 0.399 e. The molecule has 0 bridgehead atoms. The van der Waals surface area contributed by atoms with Crippen molar-refractivity contribution in [3.8, 4) is 0 Å². The summed E-state index contributed by atoms with van der Waals surface area (Å²) < 4.78 is 10.9. The standard InChI is InChI=1S/C12H18ClNO2S/c1-3-15-12(16-4-2)8-17-11-7-9(14)5-6-10(11)13/h5-7,12H,3-4,8,14H2,1-2H3. The number of rotatable bonds is 7. The molecule has 1 aromatic carbocycles. The van der Waals surface area contributed by atoms with E-state index in [-0.39, 0.29) is 6.29 Å². The van der Waals surface area contributed by atoms with Crippen LogP contribution in [-0.4, -0.2) is 25.3 Å². The van der Waals surface area contributed by atoms with E-state index in [9.17, 15) is 0 Å². The fourth-order valence-corrected chi connectivity index (χ4v) is 2.52. The molecular weight excluding hydrogens is 258 g/mol. The van der Waals surface area contributed by atoms with Crippen LogP contribution in [0.15, 0.2) is 23.1 Å². The lowest BCUT2D eigenvalue weighted by atomic mass is 10.3. The zero-order chi connectivity index (χ0) is 12.7. The molecule has 96 valence electrons.